The zero-order chi connectivity index (χ0) is 14.5. The van der Waals surface area contributed by atoms with Crippen LogP contribution in [0.15, 0.2) is 42.7 Å². The molecule has 0 saturated carbocycles. The summed E-state index contributed by atoms with van der Waals surface area (Å²) in [4.78, 5) is 16.1. The largest absolute Gasteiger partial charge is 0.494 e. The van der Waals surface area contributed by atoms with Gasteiger partial charge in [-0.25, -0.2) is 4.39 Å². The van der Waals surface area contributed by atoms with Crippen LogP contribution in [0.1, 0.15) is 21.8 Å². The van der Waals surface area contributed by atoms with Gasteiger partial charge in [-0.2, -0.15) is 5.26 Å². The molecular weight excluding hydrogens is 259 g/mol. The maximum atomic E-state index is 13.6. The molecule has 0 spiro atoms. The first-order chi connectivity index (χ1) is 9.67. The number of halogens is 1. The van der Waals surface area contributed by atoms with E-state index in [2.05, 4.69) is 4.98 Å². The summed E-state index contributed by atoms with van der Waals surface area (Å²) in [7, 11) is 1.34. The van der Waals surface area contributed by atoms with Crippen molar-refractivity contribution in [3.05, 3.63) is 59.7 Å². The lowest BCUT2D eigenvalue weighted by Crippen LogP contribution is -2.12. The fourth-order valence-corrected chi connectivity index (χ4v) is 1.82. The molecule has 0 fully saturated rings. The van der Waals surface area contributed by atoms with Crippen molar-refractivity contribution in [2.75, 3.05) is 7.11 Å². The summed E-state index contributed by atoms with van der Waals surface area (Å²) in [5, 5.41) is 9.16. The average molecular weight is 270 g/mol. The normalized spacial score (nSPS) is 11.4. The highest BCUT2D eigenvalue weighted by molar-refractivity contribution is 6.02. The lowest BCUT2D eigenvalue weighted by atomic mass is 9.93. The molecule has 4 nitrogen and oxygen atoms in total. The van der Waals surface area contributed by atoms with E-state index in [-0.39, 0.29) is 11.3 Å². The predicted molar refractivity (Wildman–Crippen MR) is 69.9 cm³/mol. The number of benzene rings is 1. The SMILES string of the molecule is COc1ccc(C(=O)C(C#N)c2cccnc2)cc1F. The molecule has 1 aromatic carbocycles. The van der Waals surface area contributed by atoms with E-state index >= 15 is 0 Å². The molecule has 20 heavy (non-hydrogen) atoms. The lowest BCUT2D eigenvalue weighted by Gasteiger charge is -2.09. The molecule has 1 unspecified atom stereocenters. The molecule has 5 heteroatoms. The third-order valence-electron chi connectivity index (χ3n) is 2.85. The fourth-order valence-electron chi connectivity index (χ4n) is 1.82. The van der Waals surface area contributed by atoms with Gasteiger partial charge in [0, 0.05) is 18.0 Å². The van der Waals surface area contributed by atoms with Gasteiger partial charge >= 0.3 is 0 Å². The summed E-state index contributed by atoms with van der Waals surface area (Å²) in [6.45, 7) is 0. The van der Waals surface area contributed by atoms with E-state index < -0.39 is 17.5 Å². The molecule has 0 bridgehead atoms. The lowest BCUT2D eigenvalue weighted by molar-refractivity contribution is 0.0978. The van der Waals surface area contributed by atoms with Crippen molar-refractivity contribution in [1.82, 2.24) is 4.98 Å². The molecule has 0 aliphatic carbocycles. The van der Waals surface area contributed by atoms with Crippen molar-refractivity contribution in [1.29, 1.82) is 5.26 Å². The Labute approximate surface area is 115 Å². The van der Waals surface area contributed by atoms with Gasteiger partial charge in [-0.1, -0.05) is 6.07 Å². The predicted octanol–water partition coefficient (Wildman–Crippen LogP) is 2.72. The molecule has 2 aromatic rings. The van der Waals surface area contributed by atoms with E-state index in [1.54, 1.807) is 18.3 Å². The van der Waals surface area contributed by atoms with Crippen molar-refractivity contribution in [3.8, 4) is 11.8 Å². The number of pyridine rings is 1. The summed E-state index contributed by atoms with van der Waals surface area (Å²) in [6, 6.07) is 9.07. The maximum absolute atomic E-state index is 13.6. The second kappa shape index (κ2) is 5.93. The Morgan fingerprint density at radius 3 is 2.80 bits per heavy atom. The van der Waals surface area contributed by atoms with Gasteiger partial charge in [-0.15, -0.1) is 0 Å². The molecule has 1 aromatic heterocycles. The number of aromatic nitrogens is 1. The number of hydrogen-bond donors (Lipinski definition) is 0. The van der Waals surface area contributed by atoms with Crippen LogP contribution >= 0.6 is 0 Å². The van der Waals surface area contributed by atoms with Gasteiger partial charge in [-0.3, -0.25) is 9.78 Å². The first kappa shape index (κ1) is 13.7. The third-order valence-corrected chi connectivity index (χ3v) is 2.85. The van der Waals surface area contributed by atoms with Crippen molar-refractivity contribution < 1.29 is 13.9 Å². The Morgan fingerprint density at radius 1 is 1.45 bits per heavy atom. The van der Waals surface area contributed by atoms with Crippen LogP contribution in [0.3, 0.4) is 0 Å². The fraction of sp³-hybridized carbons (Fsp3) is 0.133. The van der Waals surface area contributed by atoms with Gasteiger partial charge in [0.1, 0.15) is 5.92 Å². The maximum Gasteiger partial charge on any atom is 0.184 e. The van der Waals surface area contributed by atoms with E-state index in [1.807, 2.05) is 6.07 Å². The number of methoxy groups -OCH3 is 1. The highest BCUT2D eigenvalue weighted by Crippen LogP contribution is 2.23. The second-order valence-electron chi connectivity index (χ2n) is 4.06. The van der Waals surface area contributed by atoms with Crippen LogP contribution < -0.4 is 4.74 Å². The Morgan fingerprint density at radius 2 is 2.25 bits per heavy atom. The summed E-state index contributed by atoms with van der Waals surface area (Å²) in [6.07, 6.45) is 3.00. The minimum atomic E-state index is -1.00. The number of ether oxygens (including phenoxy) is 1. The molecule has 0 aliphatic heterocycles. The van der Waals surface area contributed by atoms with E-state index in [9.17, 15) is 9.18 Å². The number of rotatable bonds is 4. The molecule has 0 saturated heterocycles. The van der Waals surface area contributed by atoms with Crippen LogP contribution in [0, 0.1) is 17.1 Å². The quantitative estimate of drug-likeness (QED) is 0.801. The number of carbonyl (C=O) groups excluding carboxylic acids is 1. The molecule has 1 atom stereocenters. The second-order valence-corrected chi connectivity index (χ2v) is 4.06. The molecule has 0 N–H and O–H groups in total. The first-order valence-corrected chi connectivity index (χ1v) is 5.84. The van der Waals surface area contributed by atoms with Gasteiger partial charge in [0.05, 0.1) is 13.2 Å². The molecular formula is C15H11FN2O2. The monoisotopic (exact) mass is 270 g/mol. The minimum Gasteiger partial charge on any atom is -0.494 e. The van der Waals surface area contributed by atoms with Crippen LogP contribution in [0.25, 0.3) is 0 Å². The van der Waals surface area contributed by atoms with Crippen molar-refractivity contribution >= 4 is 5.78 Å². The number of nitrogens with zero attached hydrogens (tertiary/aromatic N) is 2. The summed E-state index contributed by atoms with van der Waals surface area (Å²) < 4.78 is 18.4. The molecule has 2 rings (SSSR count). The number of Topliss-reactive ketones (excluding diaryl/α,β-unsaturated/α-hetero) is 1. The summed E-state index contributed by atoms with van der Waals surface area (Å²) in [5.74, 6) is -2.06. The zero-order valence-electron chi connectivity index (χ0n) is 10.7. The third kappa shape index (κ3) is 2.64. The molecule has 100 valence electrons. The number of carbonyl (C=O) groups is 1. The minimum absolute atomic E-state index is 0.0523. The highest BCUT2D eigenvalue weighted by Gasteiger charge is 2.22. The van der Waals surface area contributed by atoms with Gasteiger partial charge < -0.3 is 4.74 Å². The van der Waals surface area contributed by atoms with Crippen LogP contribution in [0.5, 0.6) is 5.75 Å². The van der Waals surface area contributed by atoms with Gasteiger partial charge in [0.2, 0.25) is 0 Å². The number of hydrogen-bond acceptors (Lipinski definition) is 4. The molecule has 0 radical (unpaired) electrons. The van der Waals surface area contributed by atoms with Crippen molar-refractivity contribution in [3.63, 3.8) is 0 Å². The van der Waals surface area contributed by atoms with Gasteiger partial charge in [0.15, 0.2) is 17.3 Å². The van der Waals surface area contributed by atoms with E-state index in [0.717, 1.165) is 6.07 Å². The van der Waals surface area contributed by atoms with Crippen LogP contribution in [-0.4, -0.2) is 17.9 Å². The van der Waals surface area contributed by atoms with Crippen molar-refractivity contribution in [2.24, 2.45) is 0 Å². The molecule has 0 amide bonds. The van der Waals surface area contributed by atoms with E-state index in [1.165, 1.54) is 25.4 Å². The van der Waals surface area contributed by atoms with Crippen LogP contribution in [0.2, 0.25) is 0 Å². The Hall–Kier alpha value is -2.74. The Bertz CT molecular complexity index is 665. The molecule has 0 aliphatic rings. The van der Waals surface area contributed by atoms with E-state index in [4.69, 9.17) is 10.00 Å². The number of nitriles is 1. The summed E-state index contributed by atoms with van der Waals surface area (Å²) in [5.41, 5.74) is 0.606. The first-order valence-electron chi connectivity index (χ1n) is 5.84. The van der Waals surface area contributed by atoms with Gasteiger partial charge in [0.25, 0.3) is 0 Å². The van der Waals surface area contributed by atoms with Crippen molar-refractivity contribution in [2.45, 2.75) is 5.92 Å². The highest BCUT2D eigenvalue weighted by atomic mass is 19.1. The smallest absolute Gasteiger partial charge is 0.184 e. The Kier molecular flexibility index (Phi) is 4.06. The number of ketones is 1. The molecule has 1 heterocycles. The van der Waals surface area contributed by atoms with Crippen LogP contribution in [-0.2, 0) is 0 Å². The standard InChI is InChI=1S/C15H11FN2O2/c1-20-14-5-4-10(7-13(14)16)15(19)12(8-17)11-3-2-6-18-9-11/h2-7,9,12H,1H3. The Balaban J connectivity index is 2.35. The topological polar surface area (TPSA) is 63.0 Å². The zero-order valence-corrected chi connectivity index (χ0v) is 10.7. The van der Waals surface area contributed by atoms with Crippen LogP contribution in [0.4, 0.5) is 4.39 Å². The van der Waals surface area contributed by atoms with E-state index in [0.29, 0.717) is 5.56 Å². The van der Waals surface area contributed by atoms with Gasteiger partial charge in [-0.05, 0) is 29.8 Å². The summed E-state index contributed by atoms with van der Waals surface area (Å²) >= 11 is 0. The average Bonchev–Trinajstić information content (AvgIpc) is 2.49.